The highest BCUT2D eigenvalue weighted by Gasteiger charge is 2.81. The molecule has 3 aliphatic carbocycles. The lowest BCUT2D eigenvalue weighted by molar-refractivity contribution is -0.171. The highest BCUT2D eigenvalue weighted by atomic mass is 16.6. The Kier molecular flexibility index (Phi) is 7.24. The standard InChI is InChI=1S/C38H44O7/c1-21(2)10-9-15-36(8)16-14-25-30(40)29-31(41)27-18-24-19-28-35(6,7)45-37(34(24)42,17-13-23(5)20-39)38(27,28)44-33(29)26(32(25)43-36)12-11-22(3)4/h10-11,13-14,16,18,20,24,28,40H,9,12,15,17,19H2,1-8H3/b23-13+/t24-,28+,36-,37+,38-/m1/s1. The van der Waals surface area contributed by atoms with Crippen molar-refractivity contribution in [2.24, 2.45) is 11.8 Å². The molecule has 7 rings (SSSR count). The van der Waals surface area contributed by atoms with Gasteiger partial charge in [-0.1, -0.05) is 35.5 Å². The van der Waals surface area contributed by atoms with Crippen LogP contribution >= 0.6 is 0 Å². The third kappa shape index (κ3) is 4.44. The summed E-state index contributed by atoms with van der Waals surface area (Å²) in [6, 6.07) is 0. The Bertz CT molecular complexity index is 1680. The molecule has 0 aromatic heterocycles. The van der Waals surface area contributed by atoms with Crippen molar-refractivity contribution in [3.05, 3.63) is 69.4 Å². The van der Waals surface area contributed by atoms with Crippen LogP contribution in [0.4, 0.5) is 0 Å². The summed E-state index contributed by atoms with van der Waals surface area (Å²) < 4.78 is 20.7. The second-order valence-corrected chi connectivity index (χ2v) is 14.6. The van der Waals surface area contributed by atoms with Crippen LogP contribution in [0, 0.1) is 11.8 Å². The maximum atomic E-state index is 14.7. The Morgan fingerprint density at radius 1 is 1.00 bits per heavy atom. The summed E-state index contributed by atoms with van der Waals surface area (Å²) >= 11 is 0. The van der Waals surface area contributed by atoms with Crippen LogP contribution in [0.5, 0.6) is 17.2 Å². The van der Waals surface area contributed by atoms with E-state index in [0.717, 1.165) is 24.7 Å². The molecule has 1 N–H and O–H groups in total. The van der Waals surface area contributed by atoms with Gasteiger partial charge in [0.15, 0.2) is 22.8 Å². The maximum absolute atomic E-state index is 14.7. The van der Waals surface area contributed by atoms with E-state index in [-0.39, 0.29) is 41.0 Å². The van der Waals surface area contributed by atoms with E-state index < -0.39 is 28.3 Å². The van der Waals surface area contributed by atoms with E-state index >= 15 is 0 Å². The van der Waals surface area contributed by atoms with Gasteiger partial charge < -0.3 is 19.3 Å². The number of aldehydes is 1. The number of allylic oxidation sites excluding steroid dienone is 6. The predicted octanol–water partition coefficient (Wildman–Crippen LogP) is 7.35. The number of fused-ring (bicyclic) bond motifs is 2. The summed E-state index contributed by atoms with van der Waals surface area (Å²) in [5, 5.41) is 11.8. The van der Waals surface area contributed by atoms with Gasteiger partial charge in [0.2, 0.25) is 0 Å². The lowest BCUT2D eigenvalue weighted by atomic mass is 9.51. The second-order valence-electron chi connectivity index (χ2n) is 14.6. The van der Waals surface area contributed by atoms with Crippen molar-refractivity contribution in [1.29, 1.82) is 0 Å². The molecule has 0 unspecified atom stereocenters. The summed E-state index contributed by atoms with van der Waals surface area (Å²) in [5.41, 5.74) is -0.0511. The summed E-state index contributed by atoms with van der Waals surface area (Å²) in [4.78, 5) is 40.6. The van der Waals surface area contributed by atoms with Crippen molar-refractivity contribution in [3.8, 4) is 17.2 Å². The zero-order chi connectivity index (χ0) is 32.7. The van der Waals surface area contributed by atoms with Gasteiger partial charge in [-0.05, 0) is 98.8 Å². The number of phenols is 1. The Hall–Kier alpha value is -3.71. The number of ether oxygens (including phenoxy) is 3. The fourth-order valence-electron chi connectivity index (χ4n) is 8.14. The van der Waals surface area contributed by atoms with Gasteiger partial charge in [-0.3, -0.25) is 14.4 Å². The second kappa shape index (κ2) is 10.4. The zero-order valence-corrected chi connectivity index (χ0v) is 27.6. The molecule has 238 valence electrons. The van der Waals surface area contributed by atoms with E-state index in [1.165, 1.54) is 5.57 Å². The largest absolute Gasteiger partial charge is 0.506 e. The molecule has 1 aromatic rings. The SMILES string of the molecule is CC(C)=CCC[C@]1(C)C=Cc2c(O)c3c(c(CC=C(C)C)c2O1)O[C@]12C(=C[C@@H]4C[C@H]1C(C)(C)O[C@@]2(C/C=C(\C)C=O)C4=O)C3=O. The number of Topliss-reactive ketones (excluding diaryl/α,β-unsaturated/α-hetero) is 2. The first-order valence-electron chi connectivity index (χ1n) is 16.0. The molecule has 3 aliphatic heterocycles. The lowest BCUT2D eigenvalue weighted by Gasteiger charge is -2.56. The van der Waals surface area contributed by atoms with E-state index in [4.69, 9.17) is 14.2 Å². The molecule has 1 spiro atoms. The number of hydrogen-bond acceptors (Lipinski definition) is 7. The molecule has 5 atom stereocenters. The number of benzene rings is 1. The summed E-state index contributed by atoms with van der Waals surface area (Å²) in [6.45, 7) is 15.7. The fourth-order valence-corrected chi connectivity index (χ4v) is 8.14. The third-order valence-corrected chi connectivity index (χ3v) is 10.3. The predicted molar refractivity (Wildman–Crippen MR) is 173 cm³/mol. The molecule has 1 saturated carbocycles. The molecule has 1 saturated heterocycles. The van der Waals surface area contributed by atoms with E-state index in [0.29, 0.717) is 40.9 Å². The summed E-state index contributed by atoms with van der Waals surface area (Å²) in [6.07, 6.45) is 14.7. The van der Waals surface area contributed by atoms with Gasteiger partial charge in [0.25, 0.3) is 0 Å². The van der Waals surface area contributed by atoms with Crippen LogP contribution in [0.1, 0.15) is 103 Å². The van der Waals surface area contributed by atoms with Gasteiger partial charge in [-0.15, -0.1) is 0 Å². The maximum Gasteiger partial charge on any atom is 0.200 e. The van der Waals surface area contributed by atoms with Crippen LogP contribution in [-0.2, 0) is 20.7 Å². The van der Waals surface area contributed by atoms with E-state index in [2.05, 4.69) is 26.0 Å². The molecule has 7 nitrogen and oxygen atoms in total. The lowest BCUT2D eigenvalue weighted by Crippen LogP contribution is -2.72. The number of rotatable bonds is 8. The number of carbonyl (C=O) groups is 3. The molecular formula is C38H44O7. The van der Waals surface area contributed by atoms with Crippen LogP contribution in [0.2, 0.25) is 0 Å². The molecule has 6 aliphatic rings. The van der Waals surface area contributed by atoms with Crippen molar-refractivity contribution in [2.45, 2.75) is 110 Å². The summed E-state index contributed by atoms with van der Waals surface area (Å²) in [5.74, 6) is -0.802. The van der Waals surface area contributed by atoms with Gasteiger partial charge in [0, 0.05) is 29.4 Å². The minimum Gasteiger partial charge on any atom is -0.506 e. The van der Waals surface area contributed by atoms with Gasteiger partial charge in [-0.25, -0.2) is 0 Å². The highest BCUT2D eigenvalue weighted by Crippen LogP contribution is 2.68. The van der Waals surface area contributed by atoms with Crippen molar-refractivity contribution >= 4 is 23.9 Å². The third-order valence-electron chi connectivity index (χ3n) is 10.3. The van der Waals surface area contributed by atoms with Crippen LogP contribution in [0.3, 0.4) is 0 Å². The molecule has 7 heteroatoms. The smallest absolute Gasteiger partial charge is 0.200 e. The zero-order valence-electron chi connectivity index (χ0n) is 27.6. The topological polar surface area (TPSA) is 99.1 Å². The molecule has 3 heterocycles. The number of carbonyl (C=O) groups excluding carboxylic acids is 3. The van der Waals surface area contributed by atoms with Gasteiger partial charge in [0.1, 0.15) is 34.7 Å². The molecule has 45 heavy (non-hydrogen) atoms. The molecule has 0 amide bonds. The van der Waals surface area contributed by atoms with E-state index in [1.807, 2.05) is 46.8 Å². The van der Waals surface area contributed by atoms with E-state index in [1.54, 1.807) is 19.1 Å². The van der Waals surface area contributed by atoms with Crippen LogP contribution in [0.15, 0.2) is 52.7 Å². The number of ketones is 2. The van der Waals surface area contributed by atoms with Crippen molar-refractivity contribution < 1.29 is 33.7 Å². The van der Waals surface area contributed by atoms with Crippen molar-refractivity contribution in [2.75, 3.05) is 0 Å². The van der Waals surface area contributed by atoms with Gasteiger partial charge >= 0.3 is 0 Å². The quantitative estimate of drug-likeness (QED) is 0.186. The van der Waals surface area contributed by atoms with Gasteiger partial charge in [0.05, 0.1) is 11.2 Å². The molecule has 4 bridgehead atoms. The molecule has 1 aromatic carbocycles. The average Bonchev–Trinajstić information content (AvgIpc) is 3.12. The molecular weight excluding hydrogens is 568 g/mol. The van der Waals surface area contributed by atoms with Crippen LogP contribution in [0.25, 0.3) is 6.08 Å². The Morgan fingerprint density at radius 2 is 1.71 bits per heavy atom. The van der Waals surface area contributed by atoms with Crippen molar-refractivity contribution in [1.82, 2.24) is 0 Å². The van der Waals surface area contributed by atoms with E-state index in [9.17, 15) is 19.5 Å². The first kappa shape index (κ1) is 31.3. The average molecular weight is 613 g/mol. The highest BCUT2D eigenvalue weighted by molar-refractivity contribution is 6.19. The fraction of sp³-hybridized carbons (Fsp3) is 0.500. The minimum atomic E-state index is -1.51. The number of hydrogen-bond donors (Lipinski definition) is 1. The van der Waals surface area contributed by atoms with Crippen LogP contribution < -0.4 is 9.47 Å². The molecule has 2 fully saturated rings. The Labute approximate surface area is 265 Å². The number of aromatic hydroxyl groups is 1. The first-order valence-corrected chi connectivity index (χ1v) is 16.0. The minimum absolute atomic E-state index is 0.0920. The first-order chi connectivity index (χ1) is 21.1. The number of phenolic OH excluding ortho intramolecular Hbond substituents is 1. The molecule has 0 radical (unpaired) electrons. The summed E-state index contributed by atoms with van der Waals surface area (Å²) in [7, 11) is 0. The Morgan fingerprint density at radius 3 is 2.38 bits per heavy atom. The van der Waals surface area contributed by atoms with Gasteiger partial charge in [-0.2, -0.15) is 0 Å². The normalized spacial score (nSPS) is 31.6. The van der Waals surface area contributed by atoms with Crippen LogP contribution in [-0.4, -0.2) is 45.4 Å². The van der Waals surface area contributed by atoms with Crippen molar-refractivity contribution in [3.63, 3.8) is 0 Å². The monoisotopic (exact) mass is 612 g/mol. The Balaban J connectivity index is 1.59.